The molecule has 0 N–H and O–H groups in total. The van der Waals surface area contributed by atoms with E-state index < -0.39 is 8.07 Å². The van der Waals surface area contributed by atoms with Crippen molar-refractivity contribution in [3.8, 4) is 0 Å². The van der Waals surface area contributed by atoms with Gasteiger partial charge in [0, 0.05) is 24.4 Å². The highest BCUT2D eigenvalue weighted by Crippen LogP contribution is 2.21. The first-order valence-electron chi connectivity index (χ1n) is 5.73. The third kappa shape index (κ3) is 6.41. The molecule has 1 aromatic carbocycles. The topological polar surface area (TPSA) is 48.8 Å². The van der Waals surface area contributed by atoms with Crippen molar-refractivity contribution in [2.45, 2.75) is 31.4 Å². The Morgan fingerprint density at radius 3 is 2.76 bits per heavy atom. The normalized spacial score (nSPS) is 11.0. The first kappa shape index (κ1) is 14.2. The standard InChI is InChI=1S/C12H19N3SSi/c1-17(2,3)8-7-16-10-11-5-4-6-12(9-11)14-15-13/h4-6,9H,7-8,10H2,1-3H3. The van der Waals surface area contributed by atoms with Crippen molar-refractivity contribution in [2.75, 3.05) is 5.75 Å². The van der Waals surface area contributed by atoms with Crippen molar-refractivity contribution in [3.05, 3.63) is 40.3 Å². The quantitative estimate of drug-likeness (QED) is 0.229. The maximum atomic E-state index is 8.37. The molecule has 3 nitrogen and oxygen atoms in total. The van der Waals surface area contributed by atoms with E-state index in [1.807, 2.05) is 30.0 Å². The summed E-state index contributed by atoms with van der Waals surface area (Å²) in [7, 11) is -0.906. The molecule has 1 rings (SSSR count). The summed E-state index contributed by atoms with van der Waals surface area (Å²) in [5.74, 6) is 2.22. The third-order valence-electron chi connectivity index (χ3n) is 2.34. The van der Waals surface area contributed by atoms with E-state index >= 15 is 0 Å². The Balaban J connectivity index is 2.41. The zero-order valence-corrected chi connectivity index (χ0v) is 12.5. The van der Waals surface area contributed by atoms with Gasteiger partial charge in [-0.15, -0.1) is 0 Å². The number of hydrogen-bond donors (Lipinski definition) is 0. The monoisotopic (exact) mass is 265 g/mol. The van der Waals surface area contributed by atoms with Crippen molar-refractivity contribution in [2.24, 2.45) is 5.11 Å². The highest BCUT2D eigenvalue weighted by molar-refractivity contribution is 7.98. The molecule has 0 unspecified atom stereocenters. The van der Waals surface area contributed by atoms with E-state index in [1.54, 1.807) is 0 Å². The molecule has 0 aromatic heterocycles. The molecule has 0 aliphatic rings. The average Bonchev–Trinajstić information content (AvgIpc) is 2.24. The van der Waals surface area contributed by atoms with Gasteiger partial charge in [0.25, 0.3) is 0 Å². The van der Waals surface area contributed by atoms with Crippen LogP contribution in [0.15, 0.2) is 29.4 Å². The van der Waals surface area contributed by atoms with Gasteiger partial charge in [0.1, 0.15) is 0 Å². The van der Waals surface area contributed by atoms with Crippen LogP contribution < -0.4 is 0 Å². The SMILES string of the molecule is C[Si](C)(C)CCSCc1cccc(N=[N+]=[N-])c1. The zero-order chi connectivity index (χ0) is 12.7. The summed E-state index contributed by atoms with van der Waals surface area (Å²) in [5.41, 5.74) is 10.3. The maximum absolute atomic E-state index is 8.37. The van der Waals surface area contributed by atoms with Gasteiger partial charge >= 0.3 is 0 Å². The van der Waals surface area contributed by atoms with Crippen LogP contribution in [0.2, 0.25) is 25.7 Å². The van der Waals surface area contributed by atoms with Gasteiger partial charge in [0.05, 0.1) is 0 Å². The molecular weight excluding hydrogens is 246 g/mol. The van der Waals surface area contributed by atoms with Gasteiger partial charge in [-0.1, -0.05) is 43.0 Å². The number of rotatable bonds is 6. The Morgan fingerprint density at radius 1 is 1.35 bits per heavy atom. The second-order valence-corrected chi connectivity index (χ2v) is 11.9. The minimum atomic E-state index is -0.906. The molecule has 0 saturated carbocycles. The fourth-order valence-corrected chi connectivity index (χ4v) is 4.91. The molecule has 0 aliphatic carbocycles. The molecule has 1 aromatic rings. The van der Waals surface area contributed by atoms with Gasteiger partial charge in [0.2, 0.25) is 0 Å². The van der Waals surface area contributed by atoms with Crippen LogP contribution in [-0.2, 0) is 5.75 Å². The molecular formula is C12H19N3SSi. The Labute approximate surface area is 108 Å². The molecule has 0 fully saturated rings. The fraction of sp³-hybridized carbons (Fsp3) is 0.500. The third-order valence-corrected chi connectivity index (χ3v) is 5.48. The number of nitrogens with zero attached hydrogens (tertiary/aromatic N) is 3. The average molecular weight is 265 g/mol. The number of thioether (sulfide) groups is 1. The Kier molecular flexibility index (Phi) is 5.61. The minimum absolute atomic E-state index is 0.704. The molecule has 0 spiro atoms. The van der Waals surface area contributed by atoms with Gasteiger partial charge in [0.15, 0.2) is 0 Å². The molecule has 92 valence electrons. The molecule has 5 heteroatoms. The van der Waals surface area contributed by atoms with Crippen molar-refractivity contribution >= 4 is 25.5 Å². The van der Waals surface area contributed by atoms with Gasteiger partial charge in [-0.25, -0.2) is 0 Å². The Hall–Kier alpha value is -0.903. The predicted molar refractivity (Wildman–Crippen MR) is 79.6 cm³/mol. The van der Waals surface area contributed by atoms with Gasteiger partial charge in [-0.05, 0) is 29.0 Å². The van der Waals surface area contributed by atoms with E-state index in [0.29, 0.717) is 5.69 Å². The molecule has 17 heavy (non-hydrogen) atoms. The summed E-state index contributed by atoms with van der Waals surface area (Å²) >= 11 is 1.96. The number of benzene rings is 1. The van der Waals surface area contributed by atoms with Crippen LogP contribution in [0.4, 0.5) is 5.69 Å². The molecule has 0 atom stereocenters. The molecule has 0 aliphatic heterocycles. The van der Waals surface area contributed by atoms with Crippen molar-refractivity contribution in [1.82, 2.24) is 0 Å². The van der Waals surface area contributed by atoms with Crippen LogP contribution in [0, 0.1) is 0 Å². The lowest BCUT2D eigenvalue weighted by Gasteiger charge is -2.14. The van der Waals surface area contributed by atoms with E-state index in [0.717, 1.165) is 5.75 Å². The van der Waals surface area contributed by atoms with Crippen molar-refractivity contribution < 1.29 is 0 Å². The molecule has 0 heterocycles. The maximum Gasteiger partial charge on any atom is 0.0450 e. The van der Waals surface area contributed by atoms with Crippen LogP contribution in [-0.4, -0.2) is 13.8 Å². The highest BCUT2D eigenvalue weighted by atomic mass is 32.2. The first-order chi connectivity index (χ1) is 8.01. The van der Waals surface area contributed by atoms with Gasteiger partial charge in [-0.3, -0.25) is 0 Å². The second kappa shape index (κ2) is 6.74. The lowest BCUT2D eigenvalue weighted by molar-refractivity contribution is 1.34. The molecule has 0 saturated heterocycles. The lowest BCUT2D eigenvalue weighted by Crippen LogP contribution is -2.19. The Bertz CT molecular complexity index is 408. The number of azide groups is 1. The van der Waals surface area contributed by atoms with E-state index in [1.165, 1.54) is 17.4 Å². The molecule has 0 radical (unpaired) electrons. The molecule has 0 bridgehead atoms. The largest absolute Gasteiger partial charge is 0.158 e. The second-order valence-electron chi connectivity index (χ2n) is 5.22. The van der Waals surface area contributed by atoms with E-state index in [2.05, 4.69) is 35.7 Å². The summed E-state index contributed by atoms with van der Waals surface area (Å²) in [5, 5.41) is 3.61. The minimum Gasteiger partial charge on any atom is -0.158 e. The van der Waals surface area contributed by atoms with Crippen LogP contribution in [0.5, 0.6) is 0 Å². The van der Waals surface area contributed by atoms with Crippen molar-refractivity contribution in [3.63, 3.8) is 0 Å². The van der Waals surface area contributed by atoms with E-state index in [9.17, 15) is 0 Å². The van der Waals surface area contributed by atoms with Gasteiger partial charge < -0.3 is 0 Å². The van der Waals surface area contributed by atoms with Crippen LogP contribution in [0.25, 0.3) is 10.4 Å². The lowest BCUT2D eigenvalue weighted by atomic mass is 10.2. The summed E-state index contributed by atoms with van der Waals surface area (Å²) in [6.07, 6.45) is 0. The highest BCUT2D eigenvalue weighted by Gasteiger charge is 2.11. The summed E-state index contributed by atoms with van der Waals surface area (Å²) in [6.45, 7) is 7.20. The van der Waals surface area contributed by atoms with E-state index in [-0.39, 0.29) is 0 Å². The number of hydrogen-bond acceptors (Lipinski definition) is 2. The van der Waals surface area contributed by atoms with Crippen molar-refractivity contribution in [1.29, 1.82) is 0 Å². The van der Waals surface area contributed by atoms with E-state index in [4.69, 9.17) is 5.53 Å². The predicted octanol–water partition coefficient (Wildman–Crippen LogP) is 5.20. The first-order valence-corrected chi connectivity index (χ1v) is 10.6. The zero-order valence-electron chi connectivity index (χ0n) is 10.7. The van der Waals surface area contributed by atoms with Crippen LogP contribution >= 0.6 is 11.8 Å². The smallest absolute Gasteiger partial charge is 0.0450 e. The summed E-state index contributed by atoms with van der Waals surface area (Å²) < 4.78 is 0. The van der Waals surface area contributed by atoms with Gasteiger partial charge in [-0.2, -0.15) is 11.8 Å². The van der Waals surface area contributed by atoms with Crippen LogP contribution in [0.3, 0.4) is 0 Å². The summed E-state index contributed by atoms with van der Waals surface area (Å²) in [6, 6.07) is 9.17. The molecule has 0 amide bonds. The summed E-state index contributed by atoms with van der Waals surface area (Å²) in [4.78, 5) is 2.80. The Morgan fingerprint density at radius 2 is 2.12 bits per heavy atom. The fourth-order valence-electron chi connectivity index (χ4n) is 1.33. The van der Waals surface area contributed by atoms with Crippen LogP contribution in [0.1, 0.15) is 5.56 Å².